The number of hydrogen-bond acceptors (Lipinski definition) is 4. The number of amidine groups is 2. The van der Waals surface area contributed by atoms with Crippen molar-refractivity contribution in [1.29, 1.82) is 0 Å². The number of benzene rings is 6. The molecule has 0 bridgehead atoms. The van der Waals surface area contributed by atoms with Gasteiger partial charge in [0.15, 0.2) is 0 Å². The fraction of sp³-hybridized carbons (Fsp3) is 0. The molecule has 0 atom stereocenters. The van der Waals surface area contributed by atoms with Gasteiger partial charge in [0.25, 0.3) is 11.7 Å². The Morgan fingerprint density at radius 3 is 0.940 bits per heavy atom. The number of carbonyl (C=O) groups excluding carboxylic acids is 2. The van der Waals surface area contributed by atoms with Crippen LogP contribution in [0.25, 0.3) is 0 Å². The van der Waals surface area contributed by atoms with Crippen LogP contribution >= 0.6 is 0 Å². The predicted molar refractivity (Wildman–Crippen MR) is 195 cm³/mol. The van der Waals surface area contributed by atoms with Crippen LogP contribution < -0.4 is 30.8 Å². The Hall–Kier alpha value is -7.06. The van der Waals surface area contributed by atoms with Gasteiger partial charge in [-0.15, -0.1) is 0 Å². The minimum absolute atomic E-state index is 0.384. The van der Waals surface area contributed by atoms with Gasteiger partial charge in [0.1, 0.15) is 22.7 Å². The number of carboxylic acid groups (broad SMARTS) is 2. The Morgan fingerprint density at radius 2 is 0.660 bits per heavy atom. The summed E-state index contributed by atoms with van der Waals surface area (Å²) >= 11 is 0. The van der Waals surface area contributed by atoms with Crippen LogP contribution in [0.3, 0.4) is 0 Å². The summed E-state index contributed by atoms with van der Waals surface area (Å²) in [6, 6.07) is 61.2. The maximum absolute atomic E-state index is 9.41. The van der Waals surface area contributed by atoms with E-state index in [0.717, 1.165) is 45.5 Å². The van der Waals surface area contributed by atoms with E-state index in [1.165, 1.54) is 0 Å². The zero-order valence-electron chi connectivity index (χ0n) is 27.1. The number of rotatable bonds is 8. The van der Waals surface area contributed by atoms with Crippen molar-refractivity contribution in [1.82, 2.24) is 0 Å². The van der Waals surface area contributed by atoms with Gasteiger partial charge in [0, 0.05) is 0 Å². The number of aliphatic carboxylic acids is 2. The van der Waals surface area contributed by atoms with Crippen molar-refractivity contribution >= 4 is 46.4 Å². The molecule has 0 spiro atoms. The topological polar surface area (TPSA) is 132 Å². The van der Waals surface area contributed by atoms with E-state index < -0.39 is 11.9 Å². The second-order valence-electron chi connectivity index (χ2n) is 10.4. The number of carboxylic acids is 2. The minimum Gasteiger partial charge on any atom is -0.545 e. The molecule has 0 amide bonds. The lowest BCUT2D eigenvalue weighted by molar-refractivity contribution is -0.353. The molecule has 0 unspecified atom stereocenters. The van der Waals surface area contributed by atoms with Gasteiger partial charge in [-0.3, -0.25) is 0 Å². The summed E-state index contributed by atoms with van der Waals surface area (Å²) in [5.41, 5.74) is 6.45. The summed E-state index contributed by atoms with van der Waals surface area (Å²) < 4.78 is 0. The van der Waals surface area contributed by atoms with Gasteiger partial charge in [0.2, 0.25) is 0 Å². The SMILES string of the molecule is O=C([O-])/C=C/C(=O)[O-].c1ccc(NC(=[NH+]c2ccccc2)c2ccccc2)cc1.c1ccc(NC(=[NH+]c2ccccc2)c2ccccc2)cc1. The van der Waals surface area contributed by atoms with E-state index in [9.17, 15) is 19.8 Å². The Balaban J connectivity index is 0.000000186. The number of hydrogen-bond donors (Lipinski definition) is 4. The molecule has 0 aliphatic rings. The molecule has 0 radical (unpaired) electrons. The molecule has 6 rings (SSSR count). The molecule has 50 heavy (non-hydrogen) atoms. The first-order valence-electron chi connectivity index (χ1n) is 15.7. The van der Waals surface area contributed by atoms with E-state index in [1.807, 2.05) is 109 Å². The minimum atomic E-state index is -1.55. The quantitative estimate of drug-likeness (QED) is 0.113. The van der Waals surface area contributed by atoms with Crippen molar-refractivity contribution in [2.45, 2.75) is 0 Å². The summed E-state index contributed by atoms with van der Waals surface area (Å²) in [5.74, 6) is -1.16. The van der Waals surface area contributed by atoms with Crippen molar-refractivity contribution in [3.63, 3.8) is 0 Å². The molecule has 0 saturated heterocycles. The standard InChI is InChI=1S/2C19H16N2.C4H4O4/c2*1-4-10-16(11-5-1)19(20-17-12-6-2-7-13-17)21-18-14-8-3-9-15-18;5-3(6)1-2-4(7)8/h2*1-15H,(H,20,21);1-2H,(H,5,6)(H,7,8)/b;;2-1+. The Kier molecular flexibility index (Phi) is 14.5. The normalized spacial score (nSPS) is 10.9. The lowest BCUT2D eigenvalue weighted by Gasteiger charge is -2.03. The highest BCUT2D eigenvalue weighted by atomic mass is 16.4. The maximum atomic E-state index is 9.41. The highest BCUT2D eigenvalue weighted by molar-refractivity contribution is 6.05. The number of para-hydroxylation sites is 4. The fourth-order valence-electron chi connectivity index (χ4n) is 4.36. The molecule has 4 N–H and O–H groups in total. The van der Waals surface area contributed by atoms with E-state index in [0.29, 0.717) is 12.2 Å². The Morgan fingerprint density at radius 1 is 0.400 bits per heavy atom. The number of anilines is 2. The van der Waals surface area contributed by atoms with Gasteiger partial charge in [0.05, 0.1) is 23.1 Å². The molecular weight excluding hydrogens is 624 g/mol. The first kappa shape index (κ1) is 35.8. The van der Waals surface area contributed by atoms with Gasteiger partial charge in [-0.1, -0.05) is 109 Å². The zero-order chi connectivity index (χ0) is 35.2. The first-order valence-corrected chi connectivity index (χ1v) is 15.7. The lowest BCUT2D eigenvalue weighted by Crippen LogP contribution is -2.68. The summed E-state index contributed by atoms with van der Waals surface area (Å²) in [6.07, 6.45) is 0.769. The second kappa shape index (κ2) is 20.2. The van der Waals surface area contributed by atoms with Crippen molar-refractivity contribution in [3.05, 3.63) is 205 Å². The molecule has 0 fully saturated rings. The molecule has 8 nitrogen and oxygen atoms in total. The van der Waals surface area contributed by atoms with Crippen LogP contribution in [-0.4, -0.2) is 23.6 Å². The first-order chi connectivity index (χ1) is 24.5. The van der Waals surface area contributed by atoms with Crippen molar-refractivity contribution < 1.29 is 29.8 Å². The average Bonchev–Trinajstić information content (AvgIpc) is 3.16. The fourth-order valence-corrected chi connectivity index (χ4v) is 4.36. The van der Waals surface area contributed by atoms with E-state index in [2.05, 4.69) is 93.4 Å². The van der Waals surface area contributed by atoms with Crippen LogP contribution in [0.5, 0.6) is 0 Å². The van der Waals surface area contributed by atoms with Crippen LogP contribution in [0.1, 0.15) is 11.1 Å². The molecule has 0 aliphatic heterocycles. The summed E-state index contributed by atoms with van der Waals surface area (Å²) in [6.45, 7) is 0. The van der Waals surface area contributed by atoms with Gasteiger partial charge in [-0.05, 0) is 84.9 Å². The largest absolute Gasteiger partial charge is 0.545 e. The van der Waals surface area contributed by atoms with Crippen LogP contribution in [0.4, 0.5) is 22.7 Å². The molecule has 0 heterocycles. The van der Waals surface area contributed by atoms with Crippen LogP contribution in [0, 0.1) is 0 Å². The van der Waals surface area contributed by atoms with Crippen LogP contribution in [-0.2, 0) is 9.59 Å². The monoisotopic (exact) mass is 660 g/mol. The summed E-state index contributed by atoms with van der Waals surface area (Å²) in [4.78, 5) is 25.7. The smallest absolute Gasteiger partial charge is 0.285 e. The average molecular weight is 661 g/mol. The third-order valence-corrected chi connectivity index (χ3v) is 6.65. The van der Waals surface area contributed by atoms with E-state index in [-0.39, 0.29) is 0 Å². The van der Waals surface area contributed by atoms with Crippen molar-refractivity contribution in [2.75, 3.05) is 10.6 Å². The Bertz CT molecular complexity index is 1820. The molecule has 0 aliphatic carbocycles. The van der Waals surface area contributed by atoms with Gasteiger partial charge >= 0.3 is 0 Å². The molecule has 8 heteroatoms. The van der Waals surface area contributed by atoms with Gasteiger partial charge in [-0.25, -0.2) is 20.6 Å². The second-order valence-corrected chi connectivity index (χ2v) is 10.4. The van der Waals surface area contributed by atoms with E-state index in [4.69, 9.17) is 0 Å². The van der Waals surface area contributed by atoms with Crippen molar-refractivity contribution in [3.8, 4) is 0 Å². The van der Waals surface area contributed by atoms with Crippen molar-refractivity contribution in [2.24, 2.45) is 0 Å². The molecule has 248 valence electrons. The predicted octanol–water partition coefficient (Wildman–Crippen LogP) is 2.96. The van der Waals surface area contributed by atoms with Crippen LogP contribution in [0.2, 0.25) is 0 Å². The molecule has 6 aromatic carbocycles. The third kappa shape index (κ3) is 13.4. The van der Waals surface area contributed by atoms with Gasteiger partial charge in [-0.2, -0.15) is 0 Å². The number of carbonyl (C=O) groups is 2. The number of nitrogens with one attached hydrogen (secondary N) is 4. The Labute approximate surface area is 291 Å². The molecular formula is C42H36N4O4. The summed E-state index contributed by atoms with van der Waals surface area (Å²) in [7, 11) is 0. The third-order valence-electron chi connectivity index (χ3n) is 6.65. The lowest BCUT2D eigenvalue weighted by atomic mass is 10.2. The maximum Gasteiger partial charge on any atom is 0.285 e. The van der Waals surface area contributed by atoms with Gasteiger partial charge < -0.3 is 19.8 Å². The van der Waals surface area contributed by atoms with Crippen LogP contribution in [0.15, 0.2) is 194 Å². The van der Waals surface area contributed by atoms with E-state index in [1.54, 1.807) is 0 Å². The summed E-state index contributed by atoms with van der Waals surface area (Å²) in [5, 5.41) is 25.7. The highest BCUT2D eigenvalue weighted by Crippen LogP contribution is 2.09. The van der Waals surface area contributed by atoms with E-state index >= 15 is 0 Å². The highest BCUT2D eigenvalue weighted by Gasteiger charge is 2.12. The molecule has 0 aromatic heterocycles. The zero-order valence-corrected chi connectivity index (χ0v) is 27.1. The molecule has 6 aromatic rings. The molecule has 0 saturated carbocycles.